The second-order valence-corrected chi connectivity index (χ2v) is 31.5. The number of phosphoric ester groups is 2. The third kappa shape index (κ3) is 69.5. The fourth-order valence-corrected chi connectivity index (χ4v) is 13.5. The molecule has 0 saturated heterocycles. The maximum Gasteiger partial charge on any atom is 0.472 e. The highest BCUT2D eigenvalue weighted by molar-refractivity contribution is 7.47. The number of ether oxygens (including phenoxy) is 4. The van der Waals surface area contributed by atoms with E-state index >= 15 is 0 Å². The lowest BCUT2D eigenvalue weighted by Gasteiger charge is -2.21. The van der Waals surface area contributed by atoms with Crippen LogP contribution in [0, 0.1) is 11.8 Å². The van der Waals surface area contributed by atoms with Crippen LogP contribution in [0.3, 0.4) is 0 Å². The number of rotatable bonds is 77. The first-order valence-corrected chi connectivity index (χ1v) is 43.6. The van der Waals surface area contributed by atoms with Gasteiger partial charge in [-0.25, -0.2) is 9.13 Å². The zero-order chi connectivity index (χ0) is 71.4. The monoisotopic (exact) mass is 1420 g/mol. The van der Waals surface area contributed by atoms with E-state index in [4.69, 9.17) is 37.0 Å². The Labute approximate surface area is 594 Å². The molecule has 0 aliphatic heterocycles. The van der Waals surface area contributed by atoms with Crippen LogP contribution in [-0.4, -0.2) is 96.7 Å². The van der Waals surface area contributed by atoms with Crippen molar-refractivity contribution in [2.75, 3.05) is 39.6 Å². The van der Waals surface area contributed by atoms with E-state index in [9.17, 15) is 43.2 Å². The second kappa shape index (κ2) is 69.8. The van der Waals surface area contributed by atoms with Gasteiger partial charge in [-0.3, -0.25) is 37.3 Å². The largest absolute Gasteiger partial charge is 0.472 e. The summed E-state index contributed by atoms with van der Waals surface area (Å²) >= 11 is 0. The summed E-state index contributed by atoms with van der Waals surface area (Å²) < 4.78 is 68.6. The van der Waals surface area contributed by atoms with E-state index in [-0.39, 0.29) is 25.7 Å². The molecule has 0 bridgehead atoms. The average molecular weight is 1420 g/mol. The molecule has 0 aliphatic carbocycles. The number of esters is 4. The van der Waals surface area contributed by atoms with Crippen molar-refractivity contribution < 1.29 is 80.2 Å². The molecule has 0 aromatic rings. The maximum atomic E-state index is 13.1. The quantitative estimate of drug-likeness (QED) is 0.0222. The minimum Gasteiger partial charge on any atom is -0.462 e. The van der Waals surface area contributed by atoms with Gasteiger partial charge in [0.25, 0.3) is 0 Å². The van der Waals surface area contributed by atoms with Crippen molar-refractivity contribution in [3.63, 3.8) is 0 Å². The van der Waals surface area contributed by atoms with Crippen molar-refractivity contribution in [1.82, 2.24) is 0 Å². The van der Waals surface area contributed by atoms with Crippen molar-refractivity contribution in [3.05, 3.63) is 0 Å². The summed E-state index contributed by atoms with van der Waals surface area (Å²) in [6.45, 7) is 9.61. The average Bonchev–Trinajstić information content (AvgIpc) is 1.59. The van der Waals surface area contributed by atoms with Gasteiger partial charge in [-0.15, -0.1) is 0 Å². The molecule has 4 unspecified atom stereocenters. The molecule has 0 saturated carbocycles. The molecule has 0 amide bonds. The lowest BCUT2D eigenvalue weighted by Crippen LogP contribution is -2.30. The predicted octanol–water partition coefficient (Wildman–Crippen LogP) is 23.1. The fourth-order valence-electron chi connectivity index (χ4n) is 11.9. The molecule has 0 aromatic carbocycles. The second-order valence-electron chi connectivity index (χ2n) is 28.6. The Hall–Kier alpha value is -1.94. The van der Waals surface area contributed by atoms with Gasteiger partial charge < -0.3 is 33.8 Å². The molecule has 3 N–H and O–H groups in total. The number of aliphatic hydroxyl groups excluding tert-OH is 1. The first kappa shape index (κ1) is 95.1. The van der Waals surface area contributed by atoms with Gasteiger partial charge in [0, 0.05) is 25.7 Å². The van der Waals surface area contributed by atoms with E-state index in [2.05, 4.69) is 41.5 Å². The van der Waals surface area contributed by atoms with Crippen molar-refractivity contribution in [3.8, 4) is 0 Å². The van der Waals surface area contributed by atoms with E-state index in [1.165, 1.54) is 225 Å². The third-order valence-corrected chi connectivity index (χ3v) is 20.8. The first-order chi connectivity index (χ1) is 46.9. The van der Waals surface area contributed by atoms with Crippen molar-refractivity contribution in [2.24, 2.45) is 11.8 Å². The highest BCUT2D eigenvalue weighted by Gasteiger charge is 2.30. The van der Waals surface area contributed by atoms with Gasteiger partial charge in [0.05, 0.1) is 26.4 Å². The molecular weight excluding hydrogens is 1270 g/mol. The van der Waals surface area contributed by atoms with Crippen molar-refractivity contribution in [2.45, 2.75) is 426 Å². The molecule has 97 heavy (non-hydrogen) atoms. The summed E-state index contributed by atoms with van der Waals surface area (Å²) in [5.41, 5.74) is 0. The number of carbonyl (C=O) groups is 4. The van der Waals surface area contributed by atoms with E-state index in [1.54, 1.807) is 0 Å². The molecule has 0 spiro atoms. The molecule has 0 fully saturated rings. The summed E-state index contributed by atoms with van der Waals surface area (Å²) in [6.07, 6.45) is 58.1. The van der Waals surface area contributed by atoms with Crippen molar-refractivity contribution in [1.29, 1.82) is 0 Å². The van der Waals surface area contributed by atoms with E-state index in [1.807, 2.05) is 0 Å². The van der Waals surface area contributed by atoms with Gasteiger partial charge in [-0.1, -0.05) is 356 Å². The summed E-state index contributed by atoms with van der Waals surface area (Å²) in [5.74, 6) is -0.567. The van der Waals surface area contributed by atoms with Gasteiger partial charge in [0.15, 0.2) is 12.2 Å². The van der Waals surface area contributed by atoms with E-state index in [0.717, 1.165) is 102 Å². The summed E-state index contributed by atoms with van der Waals surface area (Å²) in [5, 5.41) is 10.6. The third-order valence-electron chi connectivity index (χ3n) is 18.9. The molecule has 0 heterocycles. The molecule has 0 aliphatic rings. The van der Waals surface area contributed by atoms with Gasteiger partial charge in [0.2, 0.25) is 0 Å². The van der Waals surface area contributed by atoms with Crippen molar-refractivity contribution >= 4 is 39.5 Å². The van der Waals surface area contributed by atoms with Crippen LogP contribution in [0.5, 0.6) is 0 Å². The number of unbranched alkanes of at least 4 members (excludes halogenated alkanes) is 45. The smallest absolute Gasteiger partial charge is 0.462 e. The lowest BCUT2D eigenvalue weighted by molar-refractivity contribution is -0.161. The van der Waals surface area contributed by atoms with Gasteiger partial charge >= 0.3 is 39.5 Å². The molecule has 17 nitrogen and oxygen atoms in total. The van der Waals surface area contributed by atoms with Crippen LogP contribution in [-0.2, 0) is 65.4 Å². The van der Waals surface area contributed by atoms with E-state index < -0.39 is 97.5 Å². The van der Waals surface area contributed by atoms with E-state index in [0.29, 0.717) is 25.7 Å². The first-order valence-electron chi connectivity index (χ1n) is 40.6. The van der Waals surface area contributed by atoms with Crippen LogP contribution in [0.25, 0.3) is 0 Å². The molecule has 0 rings (SSSR count). The zero-order valence-electron chi connectivity index (χ0n) is 63.4. The number of hydrogen-bond acceptors (Lipinski definition) is 15. The maximum absolute atomic E-state index is 13.1. The summed E-state index contributed by atoms with van der Waals surface area (Å²) in [6, 6.07) is 0. The van der Waals surface area contributed by atoms with Crippen LogP contribution in [0.1, 0.15) is 408 Å². The van der Waals surface area contributed by atoms with Gasteiger partial charge in [-0.05, 0) is 37.5 Å². The lowest BCUT2D eigenvalue weighted by atomic mass is 9.99. The molecule has 0 radical (unpaired) electrons. The summed E-state index contributed by atoms with van der Waals surface area (Å²) in [4.78, 5) is 72.9. The summed E-state index contributed by atoms with van der Waals surface area (Å²) in [7, 11) is -9.92. The highest BCUT2D eigenvalue weighted by atomic mass is 31.2. The van der Waals surface area contributed by atoms with Crippen LogP contribution in [0.15, 0.2) is 0 Å². The molecule has 576 valence electrons. The molecular formula is C78H152O17P2. The SMILES string of the molecule is CCCCCCCCCCCCCCCCCCCCCC(=O)O[C@H](COC(=O)CCCCCCCCCCCCCCCC)COP(=O)(O)OC[C@@H](O)COP(=O)(O)OC[C@@H](COC(=O)CCCCCCCCCCC(C)CC)OC(=O)CCCCCCCCCCC(C)CC. The van der Waals surface area contributed by atoms with Crippen LogP contribution >= 0.6 is 15.6 Å². The minimum atomic E-state index is -4.96. The molecule has 0 aromatic heterocycles. The Kier molecular flexibility index (Phi) is 68.4. The Morgan fingerprint density at radius 2 is 0.495 bits per heavy atom. The number of hydrogen-bond donors (Lipinski definition) is 3. The Morgan fingerprint density at radius 1 is 0.289 bits per heavy atom. The normalized spacial score (nSPS) is 14.5. The zero-order valence-corrected chi connectivity index (χ0v) is 65.2. The highest BCUT2D eigenvalue weighted by Crippen LogP contribution is 2.45. The Morgan fingerprint density at radius 3 is 0.732 bits per heavy atom. The molecule has 7 atom stereocenters. The van der Waals surface area contributed by atoms with Crippen LogP contribution in [0.4, 0.5) is 0 Å². The van der Waals surface area contributed by atoms with Gasteiger partial charge in [-0.2, -0.15) is 0 Å². The fraction of sp³-hybridized carbons (Fsp3) is 0.949. The minimum absolute atomic E-state index is 0.105. The number of phosphoric acid groups is 2. The predicted molar refractivity (Wildman–Crippen MR) is 395 cm³/mol. The van der Waals surface area contributed by atoms with Crippen LogP contribution in [0.2, 0.25) is 0 Å². The standard InChI is InChI=1S/C78H152O17P2/c1-7-11-13-15-17-19-21-23-25-26-27-28-29-31-33-35-44-50-56-62-77(82)94-73(66-88-75(80)60-54-48-42-34-32-30-24-22-20-18-16-14-12-8-2)68-92-96(84,85)90-64-72(79)65-91-97(86,87)93-69-74(95-78(83)63-57-51-45-39-37-41-47-53-59-71(6)10-4)67-89-76(81)61-55-49-43-38-36-40-46-52-58-70(5)9-3/h70-74,79H,7-69H2,1-6H3,(H,84,85)(H,86,87)/t70?,71?,72-,73-,74-/m1/s1. The van der Waals surface area contributed by atoms with Gasteiger partial charge in [0.1, 0.15) is 19.3 Å². The topological polar surface area (TPSA) is 237 Å². The number of aliphatic hydroxyl groups is 1. The number of carbonyl (C=O) groups excluding carboxylic acids is 4. The Balaban J connectivity index is 5.25. The Bertz CT molecular complexity index is 1880. The van der Waals surface area contributed by atoms with Crippen LogP contribution < -0.4 is 0 Å². The molecule has 19 heteroatoms.